The molecule has 23 heavy (non-hydrogen) atoms. The molecule has 0 radical (unpaired) electrons. The number of piperidine rings is 1. The van der Waals surface area contributed by atoms with Gasteiger partial charge in [0.25, 0.3) is 5.92 Å². The average molecular weight is 324 g/mol. The number of nitrogen functional groups attached to an aromatic ring is 1. The minimum Gasteiger partial charge on any atom is -0.495 e. The fourth-order valence-electron chi connectivity index (χ4n) is 3.87. The van der Waals surface area contributed by atoms with E-state index in [1.54, 1.807) is 7.11 Å². The maximum absolute atomic E-state index is 13.5. The van der Waals surface area contributed by atoms with Gasteiger partial charge in [-0.1, -0.05) is 19.3 Å². The Morgan fingerprint density at radius 1 is 1.13 bits per heavy atom. The summed E-state index contributed by atoms with van der Waals surface area (Å²) >= 11 is 0. The first-order chi connectivity index (χ1) is 11.0. The van der Waals surface area contributed by atoms with Crippen LogP contribution in [0.15, 0.2) is 12.1 Å². The number of alkyl halides is 2. The first-order valence-electron chi connectivity index (χ1n) is 8.60. The fourth-order valence-corrected chi connectivity index (χ4v) is 3.87. The van der Waals surface area contributed by atoms with Gasteiger partial charge in [0.05, 0.1) is 12.8 Å². The van der Waals surface area contributed by atoms with Gasteiger partial charge in [-0.15, -0.1) is 0 Å². The summed E-state index contributed by atoms with van der Waals surface area (Å²) in [6.07, 6.45) is 5.90. The number of nitrogens with zero attached hydrogens (tertiary/aromatic N) is 1. The molecule has 2 aliphatic rings. The zero-order chi connectivity index (χ0) is 16.4. The standard InChI is InChI=1S/C18H26F2N2O/c1-23-17-12-16(22-9-7-18(19,20)8-10-22)14(11-15(17)21)13-5-3-2-4-6-13/h11-13H,2-10,21H2,1H3. The van der Waals surface area contributed by atoms with E-state index in [9.17, 15) is 8.78 Å². The third kappa shape index (κ3) is 3.54. The lowest BCUT2D eigenvalue weighted by Gasteiger charge is -2.36. The number of hydrogen-bond acceptors (Lipinski definition) is 3. The minimum atomic E-state index is -2.53. The monoisotopic (exact) mass is 324 g/mol. The Morgan fingerprint density at radius 3 is 2.39 bits per heavy atom. The van der Waals surface area contributed by atoms with Crippen LogP contribution in [0.1, 0.15) is 56.4 Å². The molecule has 1 aromatic rings. The molecule has 1 aliphatic heterocycles. The van der Waals surface area contributed by atoms with Gasteiger partial charge in [-0.3, -0.25) is 0 Å². The third-order valence-electron chi connectivity index (χ3n) is 5.26. The highest BCUT2D eigenvalue weighted by Gasteiger charge is 2.35. The van der Waals surface area contributed by atoms with Gasteiger partial charge in [0, 0.05) is 37.7 Å². The molecular formula is C18H26F2N2O. The first-order valence-corrected chi connectivity index (χ1v) is 8.60. The number of halogens is 2. The molecule has 2 N–H and O–H groups in total. The van der Waals surface area contributed by atoms with E-state index in [1.165, 1.54) is 24.8 Å². The van der Waals surface area contributed by atoms with E-state index in [4.69, 9.17) is 10.5 Å². The Balaban J connectivity index is 1.92. The van der Waals surface area contributed by atoms with Gasteiger partial charge in [-0.2, -0.15) is 0 Å². The van der Waals surface area contributed by atoms with E-state index < -0.39 is 5.92 Å². The summed E-state index contributed by atoms with van der Waals surface area (Å²) in [6.45, 7) is 0.777. The first kappa shape index (κ1) is 16.3. The molecule has 0 atom stereocenters. The molecule has 3 rings (SSSR count). The summed E-state index contributed by atoms with van der Waals surface area (Å²) in [5, 5.41) is 0. The van der Waals surface area contributed by atoms with Crippen LogP contribution in [0, 0.1) is 0 Å². The van der Waals surface area contributed by atoms with E-state index in [-0.39, 0.29) is 12.8 Å². The minimum absolute atomic E-state index is 0.0796. The summed E-state index contributed by atoms with van der Waals surface area (Å²) in [6, 6.07) is 3.96. The van der Waals surface area contributed by atoms with Crippen molar-refractivity contribution in [3.05, 3.63) is 17.7 Å². The van der Waals surface area contributed by atoms with Gasteiger partial charge in [0.15, 0.2) is 0 Å². The smallest absolute Gasteiger partial charge is 0.251 e. The molecule has 0 spiro atoms. The van der Waals surface area contributed by atoms with E-state index in [1.807, 2.05) is 12.1 Å². The quantitative estimate of drug-likeness (QED) is 0.828. The van der Waals surface area contributed by atoms with Crippen LogP contribution in [0.25, 0.3) is 0 Å². The molecule has 2 fully saturated rings. The van der Waals surface area contributed by atoms with Crippen LogP contribution in [0.2, 0.25) is 0 Å². The van der Waals surface area contributed by atoms with Gasteiger partial charge in [0.2, 0.25) is 0 Å². The van der Waals surface area contributed by atoms with Gasteiger partial charge in [-0.05, 0) is 30.4 Å². The molecule has 1 saturated heterocycles. The number of hydrogen-bond donors (Lipinski definition) is 1. The largest absolute Gasteiger partial charge is 0.495 e. The molecule has 128 valence electrons. The molecular weight excluding hydrogens is 298 g/mol. The Hall–Kier alpha value is -1.52. The van der Waals surface area contributed by atoms with Crippen molar-refractivity contribution in [2.75, 3.05) is 30.8 Å². The van der Waals surface area contributed by atoms with Crippen molar-refractivity contribution in [2.24, 2.45) is 0 Å². The van der Waals surface area contributed by atoms with Crippen molar-refractivity contribution in [1.82, 2.24) is 0 Å². The van der Waals surface area contributed by atoms with Crippen molar-refractivity contribution in [1.29, 1.82) is 0 Å². The van der Waals surface area contributed by atoms with E-state index >= 15 is 0 Å². The van der Waals surface area contributed by atoms with Crippen LogP contribution in [-0.2, 0) is 0 Å². The van der Waals surface area contributed by atoms with Crippen molar-refractivity contribution < 1.29 is 13.5 Å². The van der Waals surface area contributed by atoms with Crippen molar-refractivity contribution in [3.8, 4) is 5.75 Å². The molecule has 0 bridgehead atoms. The van der Waals surface area contributed by atoms with Crippen LogP contribution < -0.4 is 15.4 Å². The second-order valence-electron chi connectivity index (χ2n) is 6.83. The third-order valence-corrected chi connectivity index (χ3v) is 5.26. The number of anilines is 2. The molecule has 1 aliphatic carbocycles. The van der Waals surface area contributed by atoms with Crippen molar-refractivity contribution in [3.63, 3.8) is 0 Å². The molecule has 0 aromatic heterocycles. The highest BCUT2D eigenvalue weighted by Crippen LogP contribution is 2.43. The summed E-state index contributed by atoms with van der Waals surface area (Å²) < 4.78 is 32.3. The second-order valence-corrected chi connectivity index (χ2v) is 6.83. The lowest BCUT2D eigenvalue weighted by atomic mass is 9.82. The molecule has 1 heterocycles. The van der Waals surface area contributed by atoms with Crippen LogP contribution in [0.4, 0.5) is 20.2 Å². The van der Waals surface area contributed by atoms with Gasteiger partial charge >= 0.3 is 0 Å². The van der Waals surface area contributed by atoms with Gasteiger partial charge < -0.3 is 15.4 Å². The number of rotatable bonds is 3. The number of methoxy groups -OCH3 is 1. The van der Waals surface area contributed by atoms with Crippen molar-refractivity contribution >= 4 is 11.4 Å². The lowest BCUT2D eigenvalue weighted by Crippen LogP contribution is -2.40. The summed E-state index contributed by atoms with van der Waals surface area (Å²) in [5.41, 5.74) is 9.01. The molecule has 0 unspecified atom stereocenters. The SMILES string of the molecule is COc1cc(N2CCC(F)(F)CC2)c(C2CCCCC2)cc1N. The topological polar surface area (TPSA) is 38.5 Å². The zero-order valence-corrected chi connectivity index (χ0v) is 13.8. The Labute approximate surface area is 136 Å². The van der Waals surface area contributed by atoms with Crippen LogP contribution >= 0.6 is 0 Å². The summed E-state index contributed by atoms with van der Waals surface area (Å²) in [5.74, 6) is -1.41. The lowest BCUT2D eigenvalue weighted by molar-refractivity contribution is -0.0220. The average Bonchev–Trinajstić information content (AvgIpc) is 2.56. The normalized spacial score (nSPS) is 22.1. The number of benzene rings is 1. The van der Waals surface area contributed by atoms with Crippen LogP contribution in [0.5, 0.6) is 5.75 Å². The van der Waals surface area contributed by atoms with Gasteiger partial charge in [0.1, 0.15) is 5.75 Å². The van der Waals surface area contributed by atoms with E-state index in [0.29, 0.717) is 30.4 Å². The van der Waals surface area contributed by atoms with Crippen LogP contribution in [0.3, 0.4) is 0 Å². The van der Waals surface area contributed by atoms with Crippen molar-refractivity contribution in [2.45, 2.75) is 56.8 Å². The highest BCUT2D eigenvalue weighted by atomic mass is 19.3. The Kier molecular flexibility index (Phi) is 4.64. The Bertz CT molecular complexity index is 546. The zero-order valence-electron chi connectivity index (χ0n) is 13.8. The summed E-state index contributed by atoms with van der Waals surface area (Å²) in [4.78, 5) is 2.09. The second kappa shape index (κ2) is 6.54. The predicted octanol–water partition coefficient (Wildman–Crippen LogP) is 4.56. The fraction of sp³-hybridized carbons (Fsp3) is 0.667. The van der Waals surface area contributed by atoms with Gasteiger partial charge in [-0.25, -0.2) is 8.78 Å². The predicted molar refractivity (Wildman–Crippen MR) is 89.6 cm³/mol. The Morgan fingerprint density at radius 2 is 1.78 bits per heavy atom. The van der Waals surface area contributed by atoms with Crippen LogP contribution in [-0.4, -0.2) is 26.1 Å². The molecule has 3 nitrogen and oxygen atoms in total. The molecule has 1 aromatic carbocycles. The molecule has 1 saturated carbocycles. The number of nitrogens with two attached hydrogens (primary N) is 1. The number of ether oxygens (including phenoxy) is 1. The molecule has 5 heteroatoms. The van der Waals surface area contributed by atoms with E-state index in [0.717, 1.165) is 18.5 Å². The molecule has 0 amide bonds. The van der Waals surface area contributed by atoms with E-state index in [2.05, 4.69) is 4.90 Å². The highest BCUT2D eigenvalue weighted by molar-refractivity contribution is 5.68. The maximum atomic E-state index is 13.5. The summed E-state index contributed by atoms with van der Waals surface area (Å²) in [7, 11) is 1.60. The maximum Gasteiger partial charge on any atom is 0.251 e.